The van der Waals surface area contributed by atoms with Crippen LogP contribution in [0.5, 0.6) is 0 Å². The number of benzene rings is 1. The summed E-state index contributed by atoms with van der Waals surface area (Å²) in [6, 6.07) is 10.6. The molecule has 2 fully saturated rings. The number of ether oxygens (including phenoxy) is 1. The van der Waals surface area contributed by atoms with Gasteiger partial charge < -0.3 is 15.0 Å². The van der Waals surface area contributed by atoms with Crippen LogP contribution in [-0.2, 0) is 9.53 Å². The van der Waals surface area contributed by atoms with Gasteiger partial charge in [0.05, 0.1) is 11.4 Å². The number of fused-ring (bicyclic) bond motifs is 1. The van der Waals surface area contributed by atoms with Gasteiger partial charge in [0.1, 0.15) is 5.82 Å². The van der Waals surface area contributed by atoms with Gasteiger partial charge in [-0.1, -0.05) is 18.2 Å². The van der Waals surface area contributed by atoms with Crippen molar-refractivity contribution in [1.82, 2.24) is 10.3 Å². The first-order chi connectivity index (χ1) is 12.2. The Morgan fingerprint density at radius 2 is 2.04 bits per heavy atom. The number of hydrogen-bond donors (Lipinski definition) is 1. The Labute approximate surface area is 148 Å². The molecule has 4 rings (SSSR count). The summed E-state index contributed by atoms with van der Waals surface area (Å²) in [4.78, 5) is 19.6. The lowest BCUT2D eigenvalue weighted by molar-refractivity contribution is -0.125. The summed E-state index contributed by atoms with van der Waals surface area (Å²) in [6.07, 6.45) is 2.74. The van der Waals surface area contributed by atoms with Crippen LogP contribution in [0, 0.1) is 12.8 Å². The summed E-state index contributed by atoms with van der Waals surface area (Å²) in [7, 11) is 0. The molecule has 0 bridgehead atoms. The van der Waals surface area contributed by atoms with Crippen LogP contribution in [0.1, 0.15) is 24.8 Å². The summed E-state index contributed by atoms with van der Waals surface area (Å²) >= 11 is 0. The highest BCUT2D eigenvalue weighted by molar-refractivity contribution is 5.84. The second kappa shape index (κ2) is 7.00. The third-order valence-electron chi connectivity index (χ3n) is 5.36. The first-order valence-corrected chi connectivity index (χ1v) is 9.20. The van der Waals surface area contributed by atoms with Crippen LogP contribution in [0.4, 0.5) is 5.82 Å². The SMILES string of the molecule is Cc1cc(N2CCC(C(=O)NC3CCOCC3)C2)nc2ccccc12. The highest BCUT2D eigenvalue weighted by Crippen LogP contribution is 2.27. The predicted molar refractivity (Wildman–Crippen MR) is 98.8 cm³/mol. The number of aromatic nitrogens is 1. The lowest BCUT2D eigenvalue weighted by Gasteiger charge is -2.24. The molecule has 25 heavy (non-hydrogen) atoms. The minimum Gasteiger partial charge on any atom is -0.381 e. The van der Waals surface area contributed by atoms with E-state index in [2.05, 4.69) is 35.3 Å². The van der Waals surface area contributed by atoms with Crippen molar-refractivity contribution in [2.24, 2.45) is 5.92 Å². The fraction of sp³-hybridized carbons (Fsp3) is 0.500. The van der Waals surface area contributed by atoms with E-state index in [1.165, 1.54) is 10.9 Å². The predicted octanol–water partition coefficient (Wildman–Crippen LogP) is 2.66. The van der Waals surface area contributed by atoms with Crippen LogP contribution in [0.3, 0.4) is 0 Å². The second-order valence-electron chi connectivity index (χ2n) is 7.14. The molecular weight excluding hydrogens is 314 g/mol. The Morgan fingerprint density at radius 1 is 1.24 bits per heavy atom. The van der Waals surface area contributed by atoms with Crippen molar-refractivity contribution >= 4 is 22.6 Å². The first kappa shape index (κ1) is 16.3. The van der Waals surface area contributed by atoms with Gasteiger partial charge in [-0.3, -0.25) is 4.79 Å². The molecule has 2 saturated heterocycles. The van der Waals surface area contributed by atoms with Gasteiger partial charge in [0, 0.05) is 37.7 Å². The van der Waals surface area contributed by atoms with Crippen molar-refractivity contribution in [3.8, 4) is 0 Å². The maximum absolute atomic E-state index is 12.6. The van der Waals surface area contributed by atoms with E-state index in [-0.39, 0.29) is 17.9 Å². The summed E-state index contributed by atoms with van der Waals surface area (Å²) in [5.74, 6) is 1.22. The molecule has 1 aromatic heterocycles. The minimum atomic E-state index is 0.0522. The molecular formula is C20H25N3O2. The standard InChI is InChI=1S/C20H25N3O2/c1-14-12-19(22-18-5-3-2-4-17(14)18)23-9-6-15(13-23)20(24)21-16-7-10-25-11-8-16/h2-5,12,15-16H,6-11,13H2,1H3,(H,21,24). The van der Waals surface area contributed by atoms with Crippen molar-refractivity contribution in [2.75, 3.05) is 31.2 Å². The lowest BCUT2D eigenvalue weighted by atomic mass is 10.1. The Kier molecular flexibility index (Phi) is 4.57. The molecule has 5 heteroatoms. The highest BCUT2D eigenvalue weighted by Gasteiger charge is 2.30. The van der Waals surface area contributed by atoms with Crippen molar-refractivity contribution in [3.05, 3.63) is 35.9 Å². The van der Waals surface area contributed by atoms with Gasteiger partial charge in [0.2, 0.25) is 5.91 Å². The van der Waals surface area contributed by atoms with Gasteiger partial charge in [-0.05, 0) is 43.9 Å². The van der Waals surface area contributed by atoms with E-state index in [9.17, 15) is 4.79 Å². The van der Waals surface area contributed by atoms with Crippen molar-refractivity contribution in [3.63, 3.8) is 0 Å². The number of carbonyl (C=O) groups is 1. The minimum absolute atomic E-state index is 0.0522. The summed E-state index contributed by atoms with van der Waals surface area (Å²) in [6.45, 7) is 5.26. The summed E-state index contributed by atoms with van der Waals surface area (Å²) in [5.41, 5.74) is 2.25. The van der Waals surface area contributed by atoms with Gasteiger partial charge in [-0.2, -0.15) is 0 Å². The smallest absolute Gasteiger partial charge is 0.225 e. The Bertz CT molecular complexity index is 771. The van der Waals surface area contributed by atoms with Crippen molar-refractivity contribution in [2.45, 2.75) is 32.2 Å². The van der Waals surface area contributed by atoms with E-state index < -0.39 is 0 Å². The number of anilines is 1. The number of nitrogens with one attached hydrogen (secondary N) is 1. The number of carbonyl (C=O) groups excluding carboxylic acids is 1. The molecule has 1 unspecified atom stereocenters. The lowest BCUT2D eigenvalue weighted by Crippen LogP contribution is -2.42. The molecule has 0 saturated carbocycles. The van der Waals surface area contributed by atoms with E-state index in [1.807, 2.05) is 12.1 Å². The average molecular weight is 339 g/mol. The number of rotatable bonds is 3. The molecule has 2 aliphatic rings. The third-order valence-corrected chi connectivity index (χ3v) is 5.36. The molecule has 0 aliphatic carbocycles. The Balaban J connectivity index is 1.44. The zero-order valence-electron chi connectivity index (χ0n) is 14.7. The van der Waals surface area contributed by atoms with Crippen LogP contribution in [0.25, 0.3) is 10.9 Å². The molecule has 132 valence electrons. The number of amides is 1. The quantitative estimate of drug-likeness (QED) is 0.934. The molecule has 0 radical (unpaired) electrons. The number of pyridine rings is 1. The topological polar surface area (TPSA) is 54.5 Å². The monoisotopic (exact) mass is 339 g/mol. The maximum atomic E-state index is 12.6. The fourth-order valence-electron chi connectivity index (χ4n) is 3.84. The molecule has 2 aliphatic heterocycles. The Hall–Kier alpha value is -2.14. The second-order valence-corrected chi connectivity index (χ2v) is 7.14. The van der Waals surface area contributed by atoms with Gasteiger partial charge in [0.25, 0.3) is 0 Å². The van der Waals surface area contributed by atoms with Crippen LogP contribution >= 0.6 is 0 Å². The molecule has 0 spiro atoms. The molecule has 1 N–H and O–H groups in total. The van der Waals surface area contributed by atoms with E-state index in [0.29, 0.717) is 0 Å². The highest BCUT2D eigenvalue weighted by atomic mass is 16.5. The maximum Gasteiger partial charge on any atom is 0.225 e. The van der Waals surface area contributed by atoms with E-state index in [1.54, 1.807) is 0 Å². The molecule has 5 nitrogen and oxygen atoms in total. The van der Waals surface area contributed by atoms with Gasteiger partial charge >= 0.3 is 0 Å². The summed E-state index contributed by atoms with van der Waals surface area (Å²) < 4.78 is 5.36. The van der Waals surface area contributed by atoms with E-state index >= 15 is 0 Å². The number of aryl methyl sites for hydroxylation is 1. The largest absolute Gasteiger partial charge is 0.381 e. The van der Waals surface area contributed by atoms with Crippen LogP contribution < -0.4 is 10.2 Å². The normalized spacial score (nSPS) is 21.6. The van der Waals surface area contributed by atoms with Crippen LogP contribution in [0.2, 0.25) is 0 Å². The van der Waals surface area contributed by atoms with E-state index in [4.69, 9.17) is 9.72 Å². The summed E-state index contributed by atoms with van der Waals surface area (Å²) in [5, 5.41) is 4.40. The Morgan fingerprint density at radius 3 is 2.88 bits per heavy atom. The van der Waals surface area contributed by atoms with Gasteiger partial charge in [0.15, 0.2) is 0 Å². The molecule has 1 amide bonds. The van der Waals surface area contributed by atoms with Crippen molar-refractivity contribution < 1.29 is 9.53 Å². The zero-order chi connectivity index (χ0) is 17.2. The molecule has 1 aromatic carbocycles. The average Bonchev–Trinajstić information content (AvgIpc) is 3.13. The van der Waals surface area contributed by atoms with Gasteiger partial charge in [-0.25, -0.2) is 4.98 Å². The van der Waals surface area contributed by atoms with Crippen LogP contribution in [0.15, 0.2) is 30.3 Å². The zero-order valence-corrected chi connectivity index (χ0v) is 14.7. The number of hydrogen-bond acceptors (Lipinski definition) is 4. The van der Waals surface area contributed by atoms with Crippen LogP contribution in [-0.4, -0.2) is 43.2 Å². The molecule has 1 atom stereocenters. The number of nitrogens with zero attached hydrogens (tertiary/aromatic N) is 2. The number of para-hydroxylation sites is 1. The molecule has 2 aromatic rings. The fourth-order valence-corrected chi connectivity index (χ4v) is 3.84. The first-order valence-electron chi connectivity index (χ1n) is 9.20. The van der Waals surface area contributed by atoms with E-state index in [0.717, 1.165) is 56.9 Å². The van der Waals surface area contributed by atoms with Crippen molar-refractivity contribution in [1.29, 1.82) is 0 Å². The third kappa shape index (κ3) is 3.47. The molecule has 3 heterocycles. The van der Waals surface area contributed by atoms with Gasteiger partial charge in [-0.15, -0.1) is 0 Å².